The van der Waals surface area contributed by atoms with E-state index in [1.54, 1.807) is 42.7 Å². The number of β-amino-alcohol motifs (C(OH)–C–C–N with tert-alkyl or cyclic N) is 6. The summed E-state index contributed by atoms with van der Waals surface area (Å²) < 4.78 is 37.2. The molecule has 17 rings (SSSR count). The highest BCUT2D eigenvalue weighted by Crippen LogP contribution is 2.41. The number of piperazine rings is 1. The summed E-state index contributed by atoms with van der Waals surface area (Å²) in [5.41, 5.74) is 0. The van der Waals surface area contributed by atoms with Gasteiger partial charge in [0.15, 0.2) is 0 Å². The maximum Gasteiger partial charge on any atom is 0.0698 e. The van der Waals surface area contributed by atoms with Crippen LogP contribution in [-0.2, 0) is 33.2 Å². The Balaban J connectivity index is 0.000000152. The molecule has 0 aromatic heterocycles. The van der Waals surface area contributed by atoms with E-state index in [0.29, 0.717) is 150 Å². The van der Waals surface area contributed by atoms with Crippen molar-refractivity contribution in [2.45, 2.75) is 397 Å². The lowest BCUT2D eigenvalue weighted by Crippen LogP contribution is -2.59. The number of likely N-dealkylation sites (N-methyl/N-ethyl adjacent to an activating group) is 1. The van der Waals surface area contributed by atoms with Crippen molar-refractivity contribution in [2.75, 3.05) is 194 Å². The van der Waals surface area contributed by atoms with Crippen molar-refractivity contribution < 1.29 is 63.8 Å². The summed E-state index contributed by atoms with van der Waals surface area (Å²) in [4.78, 5) is 25.4. The molecule has 23 nitrogen and oxygen atoms in total. The number of ether oxygens (including phenoxy) is 7. The first-order valence-corrected chi connectivity index (χ1v) is 53.1. The van der Waals surface area contributed by atoms with Gasteiger partial charge < -0.3 is 73.6 Å². The van der Waals surface area contributed by atoms with E-state index >= 15 is 0 Å². The molecule has 6 N–H and O–H groups in total. The number of methoxy groups -OCH3 is 7. The van der Waals surface area contributed by atoms with Crippen LogP contribution in [0.1, 0.15) is 270 Å². The van der Waals surface area contributed by atoms with Crippen LogP contribution in [0, 0.1) is 76.9 Å². The van der Waals surface area contributed by atoms with E-state index in [9.17, 15) is 30.6 Å². The highest BCUT2D eigenvalue weighted by Gasteiger charge is 2.46. The van der Waals surface area contributed by atoms with Crippen LogP contribution in [0.4, 0.5) is 0 Å². The van der Waals surface area contributed by atoms with E-state index in [1.165, 1.54) is 130 Å². The van der Waals surface area contributed by atoms with Crippen LogP contribution in [0.5, 0.6) is 0 Å². The van der Waals surface area contributed by atoms with Gasteiger partial charge in [0.25, 0.3) is 0 Å². The van der Waals surface area contributed by atoms with Gasteiger partial charge in [-0.15, -0.1) is 0 Å². The average molecular weight is 1800 g/mol. The number of rotatable bonds is 24. The number of likely N-dealkylation sites (tertiary alicyclic amines) is 8. The summed E-state index contributed by atoms with van der Waals surface area (Å²) >= 11 is 0. The fourth-order valence-corrected chi connectivity index (χ4v) is 25.1. The fraction of sp³-hybridized carbons (Fsp3) is 1.00. The topological polar surface area (TPSA) is 218 Å². The molecule has 0 aromatic rings. The highest BCUT2D eigenvalue weighted by molar-refractivity contribution is 5.00. The molecule has 17 fully saturated rings. The van der Waals surface area contributed by atoms with Gasteiger partial charge in [0.05, 0.1) is 79.4 Å². The Bertz CT molecular complexity index is 2520. The molecule has 23 heteroatoms. The lowest BCUT2D eigenvalue weighted by Gasteiger charge is -2.47. The average Bonchev–Trinajstić information content (AvgIpc) is 0.816. The predicted molar refractivity (Wildman–Crippen MR) is 516 cm³/mol. The zero-order valence-corrected chi connectivity index (χ0v) is 85.0. The highest BCUT2D eigenvalue weighted by atomic mass is 16.5. The second kappa shape index (κ2) is 54.4. The quantitative estimate of drug-likeness (QED) is 0.0529. The van der Waals surface area contributed by atoms with Crippen molar-refractivity contribution in [3.05, 3.63) is 0 Å². The number of aliphatic hydroxyl groups is 6. The van der Waals surface area contributed by atoms with Crippen molar-refractivity contribution in [3.63, 3.8) is 0 Å². The summed E-state index contributed by atoms with van der Waals surface area (Å²) in [6.45, 7) is 54.1. The molecule has 8 saturated carbocycles. The summed E-state index contributed by atoms with van der Waals surface area (Å²) in [5, 5.41) is 60.8. The van der Waals surface area contributed by atoms with Gasteiger partial charge in [-0.25, -0.2) is 0 Å². The Morgan fingerprint density at radius 2 is 0.425 bits per heavy atom. The molecular formula is C104H200N10O13. The van der Waals surface area contributed by atoms with Gasteiger partial charge in [0.1, 0.15) is 0 Å². The van der Waals surface area contributed by atoms with Gasteiger partial charge in [-0.1, -0.05) is 116 Å². The van der Waals surface area contributed by atoms with Crippen molar-refractivity contribution in [2.24, 2.45) is 76.9 Å². The van der Waals surface area contributed by atoms with Gasteiger partial charge >= 0.3 is 0 Å². The fourth-order valence-electron chi connectivity index (χ4n) is 25.1. The minimum absolute atomic E-state index is 0.129. The molecule has 9 heterocycles. The van der Waals surface area contributed by atoms with E-state index in [2.05, 4.69) is 139 Å². The van der Waals surface area contributed by atoms with E-state index in [4.69, 9.17) is 33.2 Å². The largest absolute Gasteiger partial charge is 0.391 e. The number of piperidine rings is 7. The third kappa shape index (κ3) is 32.1. The molecule has 8 aliphatic carbocycles. The van der Waals surface area contributed by atoms with Gasteiger partial charge in [-0.05, 0) is 290 Å². The lowest BCUT2D eigenvalue weighted by molar-refractivity contribution is -0.0699. The van der Waals surface area contributed by atoms with Crippen LogP contribution in [0.15, 0.2) is 0 Å². The Labute approximate surface area is 776 Å². The monoisotopic (exact) mass is 1800 g/mol. The van der Waals surface area contributed by atoms with Crippen LogP contribution in [0.25, 0.3) is 0 Å². The first-order chi connectivity index (χ1) is 60.9. The molecule has 0 amide bonds. The second-order valence-corrected chi connectivity index (χ2v) is 45.4. The van der Waals surface area contributed by atoms with Gasteiger partial charge in [0, 0.05) is 183 Å². The first kappa shape index (κ1) is 108. The maximum absolute atomic E-state index is 10.1. The van der Waals surface area contributed by atoms with Crippen LogP contribution >= 0.6 is 0 Å². The van der Waals surface area contributed by atoms with Gasteiger partial charge in [-0.3, -0.25) is 39.2 Å². The third-order valence-electron chi connectivity index (χ3n) is 35.5. The molecule has 12 atom stereocenters. The molecule has 9 saturated heterocycles. The van der Waals surface area contributed by atoms with Crippen molar-refractivity contribution in [1.29, 1.82) is 0 Å². The summed E-state index contributed by atoms with van der Waals surface area (Å²) in [5.74, 6) is 7.58. The number of aliphatic hydroxyl groups excluding tert-OH is 6. The Morgan fingerprint density at radius 1 is 0.220 bits per heavy atom. The minimum atomic E-state index is -0.129. The zero-order valence-electron chi connectivity index (χ0n) is 85.0. The maximum atomic E-state index is 10.1. The summed E-state index contributed by atoms with van der Waals surface area (Å²) in [6.07, 6.45) is 37.5. The van der Waals surface area contributed by atoms with E-state index in [0.717, 1.165) is 212 Å². The van der Waals surface area contributed by atoms with Crippen LogP contribution in [0.3, 0.4) is 0 Å². The van der Waals surface area contributed by atoms with Crippen LogP contribution in [-0.4, -0.2) is 401 Å². The normalized spacial score (nSPS) is 39.0. The Hall–Kier alpha value is -0.920. The first-order valence-electron chi connectivity index (χ1n) is 53.1. The van der Waals surface area contributed by atoms with E-state index < -0.39 is 0 Å². The third-order valence-corrected chi connectivity index (χ3v) is 35.5. The molecular weight excluding hydrogens is 1600 g/mol. The molecule has 9 aliphatic heterocycles. The van der Waals surface area contributed by atoms with E-state index in [1.807, 2.05) is 7.11 Å². The molecule has 0 spiro atoms. The predicted octanol–water partition coefficient (Wildman–Crippen LogP) is 12.6. The van der Waals surface area contributed by atoms with Crippen molar-refractivity contribution in [3.8, 4) is 0 Å². The van der Waals surface area contributed by atoms with Crippen molar-refractivity contribution >= 4 is 0 Å². The molecule has 0 unspecified atom stereocenters. The number of hydrogen-bond acceptors (Lipinski definition) is 23. The van der Waals surface area contributed by atoms with Crippen LogP contribution < -0.4 is 0 Å². The second-order valence-electron chi connectivity index (χ2n) is 45.4. The minimum Gasteiger partial charge on any atom is -0.391 e. The molecule has 17 aliphatic rings. The smallest absolute Gasteiger partial charge is 0.0698 e. The number of nitrogens with zero attached hydrogens (tertiary/aromatic N) is 10. The van der Waals surface area contributed by atoms with Crippen LogP contribution in [0.2, 0.25) is 0 Å². The van der Waals surface area contributed by atoms with Crippen molar-refractivity contribution in [1.82, 2.24) is 49.0 Å². The molecule has 744 valence electrons. The summed E-state index contributed by atoms with van der Waals surface area (Å²) in [6, 6.07) is 5.69. The van der Waals surface area contributed by atoms with E-state index in [-0.39, 0.29) is 36.6 Å². The molecule has 0 radical (unpaired) electrons. The molecule has 0 aromatic carbocycles. The van der Waals surface area contributed by atoms with Gasteiger partial charge in [-0.2, -0.15) is 0 Å². The zero-order chi connectivity index (χ0) is 91.7. The molecule has 127 heavy (non-hydrogen) atoms. The SMILES string of the molecule is CCN1CC(N2CCCCC2)C1.COC1CC(N2CCN(CC3CCCCC3)CC2)C1.COC1CC(N2CC[C@@H](C(C)C)[C@@H](O)C2)C1.COC1CC(N2CC[C@@H](C(C)C)[C@H](O)C2)C1.COC1CC(N2CC[C@H](C(C)C)[C@@H](O)C2)C1.COC1CC(N2CC[C@H](C(C)C)[C@@H](O)C2)C1.COC1CC(N2CC[C@H](C(C)C)[C@H](O)C2)C1.COC1CC(N2CC[C@H](C(C)C)[C@H](O)C2)C1. The van der Waals surface area contributed by atoms with Gasteiger partial charge in [0.2, 0.25) is 0 Å². The Morgan fingerprint density at radius 3 is 0.622 bits per heavy atom. The summed E-state index contributed by atoms with van der Waals surface area (Å²) in [7, 11) is 12.6. The number of hydrogen-bond donors (Lipinski definition) is 6. The lowest BCUT2D eigenvalue weighted by atomic mass is 9.81. The Kier molecular flexibility index (Phi) is 46.3. The standard InChI is InChI=1S/C16H30N2O.6C13H25NO2.C10H20N2/c1-19-16-11-15(12-16)18-9-7-17(8-10-18)13-14-5-3-2-4-6-14;6*1-9(2)12-4-5-14(8-13(12)15)10-6-11(7-10)16-3;1-2-11-8-10(9-11)12-6-4-3-5-7-12/h14-16H,2-13H2,1H3;6*9-13,15H,4-8H2,1-3H3;10H,2-9H2,1H3/t;3*10?,11?,12-,13+;3*10?,11?,12-,13-;/m.110110./s1. The molecule has 0 bridgehead atoms.